The molecule has 12 heavy (non-hydrogen) atoms. The SMILES string of the molecule is CC#Cc1[nH]ccc1C=C(C)C. The van der Waals surface area contributed by atoms with Gasteiger partial charge in [0.15, 0.2) is 0 Å². The molecule has 0 spiro atoms. The van der Waals surface area contributed by atoms with E-state index in [1.54, 1.807) is 0 Å². The van der Waals surface area contributed by atoms with Gasteiger partial charge in [0.2, 0.25) is 0 Å². The minimum atomic E-state index is 0.999. The minimum absolute atomic E-state index is 0.999. The molecule has 62 valence electrons. The molecule has 0 radical (unpaired) electrons. The molecule has 0 unspecified atom stereocenters. The van der Waals surface area contributed by atoms with Gasteiger partial charge >= 0.3 is 0 Å². The number of H-pyrrole nitrogens is 1. The van der Waals surface area contributed by atoms with Crippen LogP contribution in [0.25, 0.3) is 6.08 Å². The smallest absolute Gasteiger partial charge is 0.0966 e. The Hall–Kier alpha value is -1.42. The summed E-state index contributed by atoms with van der Waals surface area (Å²) in [4.78, 5) is 3.09. The van der Waals surface area contributed by atoms with Crippen molar-refractivity contribution in [1.82, 2.24) is 4.98 Å². The lowest BCUT2D eigenvalue weighted by Gasteiger charge is -1.90. The fraction of sp³-hybridized carbons (Fsp3) is 0.273. The van der Waals surface area contributed by atoms with Gasteiger partial charge in [0.05, 0.1) is 5.69 Å². The lowest BCUT2D eigenvalue weighted by Crippen LogP contribution is -1.77. The number of rotatable bonds is 1. The molecule has 1 aromatic heterocycles. The van der Waals surface area contributed by atoms with Crippen molar-refractivity contribution in [3.8, 4) is 11.8 Å². The van der Waals surface area contributed by atoms with E-state index in [4.69, 9.17) is 0 Å². The topological polar surface area (TPSA) is 15.8 Å². The molecular weight excluding hydrogens is 146 g/mol. The van der Waals surface area contributed by atoms with Crippen LogP contribution in [0.1, 0.15) is 32.0 Å². The number of hydrogen-bond donors (Lipinski definition) is 1. The molecule has 0 aliphatic rings. The van der Waals surface area contributed by atoms with Crippen LogP contribution in [0.5, 0.6) is 0 Å². The molecule has 1 aromatic rings. The summed E-state index contributed by atoms with van der Waals surface area (Å²) in [6.45, 7) is 6.00. The maximum absolute atomic E-state index is 3.09. The molecule has 0 saturated heterocycles. The fourth-order valence-electron chi connectivity index (χ4n) is 1.05. The van der Waals surface area contributed by atoms with Gasteiger partial charge in [-0.25, -0.2) is 0 Å². The molecule has 1 nitrogen and oxygen atoms in total. The van der Waals surface area contributed by atoms with Crippen LogP contribution in [-0.2, 0) is 0 Å². The van der Waals surface area contributed by atoms with Crippen LogP contribution < -0.4 is 0 Å². The lowest BCUT2D eigenvalue weighted by molar-refractivity contribution is 1.35. The van der Waals surface area contributed by atoms with Gasteiger partial charge in [0.25, 0.3) is 0 Å². The van der Waals surface area contributed by atoms with Crippen LogP contribution >= 0.6 is 0 Å². The van der Waals surface area contributed by atoms with Crippen molar-refractivity contribution in [2.24, 2.45) is 0 Å². The molecule has 1 heterocycles. The predicted molar refractivity (Wildman–Crippen MR) is 52.7 cm³/mol. The van der Waals surface area contributed by atoms with Crippen molar-refractivity contribution in [2.75, 3.05) is 0 Å². The van der Waals surface area contributed by atoms with Crippen molar-refractivity contribution in [2.45, 2.75) is 20.8 Å². The summed E-state index contributed by atoms with van der Waals surface area (Å²) in [7, 11) is 0. The summed E-state index contributed by atoms with van der Waals surface area (Å²) < 4.78 is 0. The first-order valence-electron chi connectivity index (χ1n) is 3.99. The summed E-state index contributed by atoms with van der Waals surface area (Å²) in [6, 6.07) is 2.03. The Morgan fingerprint density at radius 3 is 2.83 bits per heavy atom. The molecule has 0 amide bonds. The van der Waals surface area contributed by atoms with Gasteiger partial charge in [-0.1, -0.05) is 17.6 Å². The second-order valence-electron chi connectivity index (χ2n) is 2.90. The van der Waals surface area contributed by atoms with Gasteiger partial charge < -0.3 is 4.98 Å². The Bertz CT molecular complexity index is 341. The third kappa shape index (κ3) is 2.03. The Labute approximate surface area is 73.5 Å². The van der Waals surface area contributed by atoms with Crippen LogP contribution in [0.15, 0.2) is 17.8 Å². The number of hydrogen-bond acceptors (Lipinski definition) is 0. The minimum Gasteiger partial charge on any atom is -0.354 e. The van der Waals surface area contributed by atoms with E-state index in [1.165, 1.54) is 11.1 Å². The third-order valence-corrected chi connectivity index (χ3v) is 1.47. The maximum Gasteiger partial charge on any atom is 0.0966 e. The molecule has 0 aliphatic carbocycles. The summed E-state index contributed by atoms with van der Waals surface area (Å²) in [5.41, 5.74) is 3.46. The van der Waals surface area contributed by atoms with Gasteiger partial charge in [0.1, 0.15) is 0 Å². The van der Waals surface area contributed by atoms with E-state index in [0.29, 0.717) is 0 Å². The first-order valence-corrected chi connectivity index (χ1v) is 3.99. The van der Waals surface area contributed by atoms with Crippen molar-refractivity contribution >= 4 is 6.08 Å². The Kier molecular flexibility index (Phi) is 2.76. The maximum atomic E-state index is 3.09. The monoisotopic (exact) mass is 159 g/mol. The van der Waals surface area contributed by atoms with Crippen molar-refractivity contribution in [3.05, 3.63) is 29.1 Å². The largest absolute Gasteiger partial charge is 0.354 e. The Morgan fingerprint density at radius 1 is 1.50 bits per heavy atom. The van der Waals surface area contributed by atoms with Gasteiger partial charge in [-0.05, 0) is 32.8 Å². The van der Waals surface area contributed by atoms with E-state index < -0.39 is 0 Å². The van der Waals surface area contributed by atoms with Crippen molar-refractivity contribution in [1.29, 1.82) is 0 Å². The molecule has 0 saturated carbocycles. The molecule has 1 rings (SSSR count). The predicted octanol–water partition coefficient (Wildman–Crippen LogP) is 2.81. The molecule has 0 aromatic carbocycles. The van der Waals surface area contributed by atoms with Crippen LogP contribution in [0.4, 0.5) is 0 Å². The average Bonchev–Trinajstić information content (AvgIpc) is 2.37. The van der Waals surface area contributed by atoms with E-state index in [2.05, 4.69) is 36.7 Å². The first kappa shape index (κ1) is 8.67. The van der Waals surface area contributed by atoms with Gasteiger partial charge in [-0.3, -0.25) is 0 Å². The summed E-state index contributed by atoms with van der Waals surface area (Å²) in [5.74, 6) is 5.88. The molecule has 0 fully saturated rings. The Morgan fingerprint density at radius 2 is 2.25 bits per heavy atom. The zero-order valence-corrected chi connectivity index (χ0v) is 7.73. The molecule has 0 bridgehead atoms. The number of allylic oxidation sites excluding steroid dienone is 1. The van der Waals surface area contributed by atoms with Gasteiger partial charge in [0, 0.05) is 11.8 Å². The lowest BCUT2D eigenvalue weighted by atomic mass is 10.2. The van der Waals surface area contributed by atoms with E-state index in [9.17, 15) is 0 Å². The van der Waals surface area contributed by atoms with Crippen molar-refractivity contribution in [3.63, 3.8) is 0 Å². The fourth-order valence-corrected chi connectivity index (χ4v) is 1.05. The van der Waals surface area contributed by atoms with Crippen LogP contribution in [-0.4, -0.2) is 4.98 Å². The van der Waals surface area contributed by atoms with Crippen LogP contribution in [0.2, 0.25) is 0 Å². The summed E-state index contributed by atoms with van der Waals surface area (Å²) >= 11 is 0. The third-order valence-electron chi connectivity index (χ3n) is 1.47. The normalized spacial score (nSPS) is 8.58. The van der Waals surface area contributed by atoms with Crippen LogP contribution in [0, 0.1) is 11.8 Å². The highest BCUT2D eigenvalue weighted by Crippen LogP contribution is 2.09. The zero-order valence-electron chi connectivity index (χ0n) is 7.73. The second kappa shape index (κ2) is 3.82. The molecule has 1 N–H and O–H groups in total. The van der Waals surface area contributed by atoms with E-state index in [0.717, 1.165) is 5.69 Å². The zero-order chi connectivity index (χ0) is 8.97. The quantitative estimate of drug-likeness (QED) is 0.606. The average molecular weight is 159 g/mol. The first-order chi connectivity index (χ1) is 5.74. The molecular formula is C11H13N. The summed E-state index contributed by atoms with van der Waals surface area (Å²) in [6.07, 6.45) is 4.03. The number of aromatic nitrogens is 1. The highest BCUT2D eigenvalue weighted by Gasteiger charge is 1.95. The molecule has 0 atom stereocenters. The van der Waals surface area contributed by atoms with E-state index >= 15 is 0 Å². The van der Waals surface area contributed by atoms with Gasteiger partial charge in [-0.15, -0.1) is 0 Å². The number of nitrogens with one attached hydrogen (secondary N) is 1. The second-order valence-corrected chi connectivity index (χ2v) is 2.90. The molecule has 0 aliphatic heterocycles. The van der Waals surface area contributed by atoms with Crippen LogP contribution in [0.3, 0.4) is 0 Å². The van der Waals surface area contributed by atoms with Gasteiger partial charge in [-0.2, -0.15) is 0 Å². The Balaban J connectivity index is 3.05. The highest BCUT2D eigenvalue weighted by atomic mass is 14.7. The van der Waals surface area contributed by atoms with Crippen molar-refractivity contribution < 1.29 is 0 Å². The van der Waals surface area contributed by atoms with E-state index in [-0.39, 0.29) is 0 Å². The summed E-state index contributed by atoms with van der Waals surface area (Å²) in [5, 5.41) is 0. The molecule has 1 heteroatoms. The number of aromatic amines is 1. The highest BCUT2D eigenvalue weighted by molar-refractivity contribution is 5.58. The van der Waals surface area contributed by atoms with E-state index in [1.807, 2.05) is 19.2 Å². The standard InChI is InChI=1S/C11H13N/c1-4-5-11-10(6-7-12-11)8-9(2)3/h6-8,12H,1-3H3.